The van der Waals surface area contributed by atoms with Crippen molar-refractivity contribution in [3.8, 4) is 11.5 Å². The van der Waals surface area contributed by atoms with Gasteiger partial charge in [-0.1, -0.05) is 42.5 Å². The molecule has 10 nitrogen and oxygen atoms in total. The van der Waals surface area contributed by atoms with Gasteiger partial charge in [0, 0.05) is 93.5 Å². The molecule has 0 radical (unpaired) electrons. The normalized spacial score (nSPS) is 23.3. The predicted octanol–water partition coefficient (Wildman–Crippen LogP) is 5.64. The molecular weight excluding hydrogens is 698 g/mol. The summed E-state index contributed by atoms with van der Waals surface area (Å²) in [7, 11) is 0. The number of hydrogen-bond donors (Lipinski definition) is 2. The minimum atomic E-state index is -0.609. The number of nitrogens with zero attached hydrogens (tertiary/aromatic N) is 4. The van der Waals surface area contributed by atoms with Gasteiger partial charge < -0.3 is 24.5 Å². The van der Waals surface area contributed by atoms with Crippen LogP contribution in [0.5, 0.6) is 11.5 Å². The van der Waals surface area contributed by atoms with E-state index in [4.69, 9.17) is 4.74 Å². The van der Waals surface area contributed by atoms with E-state index >= 15 is 4.39 Å². The van der Waals surface area contributed by atoms with Gasteiger partial charge in [-0.3, -0.25) is 24.6 Å². The number of fused-ring (bicyclic) bond motifs is 2. The van der Waals surface area contributed by atoms with Crippen LogP contribution in [0.1, 0.15) is 70.1 Å². The molecule has 0 bridgehead atoms. The lowest BCUT2D eigenvalue weighted by atomic mass is 9.76. The van der Waals surface area contributed by atoms with Crippen LogP contribution in [0, 0.1) is 11.7 Å². The highest BCUT2D eigenvalue weighted by molar-refractivity contribution is 6.05. The van der Waals surface area contributed by atoms with E-state index in [-0.39, 0.29) is 47.5 Å². The Morgan fingerprint density at radius 1 is 0.800 bits per heavy atom. The molecule has 11 heteroatoms. The number of benzene rings is 4. The molecule has 0 unspecified atom stereocenters. The van der Waals surface area contributed by atoms with Crippen molar-refractivity contribution >= 4 is 29.1 Å². The summed E-state index contributed by atoms with van der Waals surface area (Å²) in [6.07, 6.45) is 2.63. The van der Waals surface area contributed by atoms with E-state index in [1.54, 1.807) is 23.1 Å². The lowest BCUT2D eigenvalue weighted by Gasteiger charge is -2.40. The maximum Gasteiger partial charge on any atom is 0.255 e. The summed E-state index contributed by atoms with van der Waals surface area (Å²) in [5, 5.41) is 12.5. The Hall–Kier alpha value is -5.42. The van der Waals surface area contributed by atoms with Crippen molar-refractivity contribution < 1.29 is 28.6 Å². The average molecular weight is 744 g/mol. The van der Waals surface area contributed by atoms with Crippen LogP contribution in [-0.4, -0.2) is 91.1 Å². The van der Waals surface area contributed by atoms with Crippen molar-refractivity contribution in [3.63, 3.8) is 0 Å². The van der Waals surface area contributed by atoms with Crippen LogP contribution in [0.4, 0.5) is 15.8 Å². The largest absolute Gasteiger partial charge is 0.508 e. The summed E-state index contributed by atoms with van der Waals surface area (Å²) in [5.74, 6) is 0.232. The van der Waals surface area contributed by atoms with E-state index in [0.29, 0.717) is 42.5 Å². The van der Waals surface area contributed by atoms with Crippen LogP contribution in [0.2, 0.25) is 0 Å². The number of amides is 3. The summed E-state index contributed by atoms with van der Waals surface area (Å²) in [6.45, 7) is 7.18. The lowest BCUT2D eigenvalue weighted by Crippen LogP contribution is -2.52. The zero-order valence-electron chi connectivity index (χ0n) is 30.8. The van der Waals surface area contributed by atoms with E-state index < -0.39 is 6.04 Å². The number of phenolic OH excluding ortho intramolecular Hbond substituents is 1. The monoisotopic (exact) mass is 743 g/mol. The van der Waals surface area contributed by atoms with E-state index in [2.05, 4.69) is 44.3 Å². The number of ether oxygens (including phenoxy) is 1. The van der Waals surface area contributed by atoms with Gasteiger partial charge in [0.25, 0.3) is 5.91 Å². The summed E-state index contributed by atoms with van der Waals surface area (Å²) in [5.41, 5.74) is 6.31. The molecule has 3 saturated heterocycles. The molecule has 0 aliphatic carbocycles. The van der Waals surface area contributed by atoms with Gasteiger partial charge in [0.05, 0.1) is 12.3 Å². The lowest BCUT2D eigenvalue weighted by molar-refractivity contribution is -0.136. The first-order valence-electron chi connectivity index (χ1n) is 19.6. The molecule has 4 aromatic rings. The highest BCUT2D eigenvalue weighted by Gasteiger charge is 2.40. The Morgan fingerprint density at radius 3 is 2.36 bits per heavy atom. The molecule has 5 aliphatic rings. The van der Waals surface area contributed by atoms with E-state index in [9.17, 15) is 19.5 Å². The fraction of sp³-hybridized carbons (Fsp3) is 0.386. The first-order valence-corrected chi connectivity index (χ1v) is 19.6. The third-order valence-corrected chi connectivity index (χ3v) is 12.4. The molecular formula is C44H46FN5O5. The van der Waals surface area contributed by atoms with Crippen LogP contribution < -0.4 is 19.9 Å². The van der Waals surface area contributed by atoms with Crippen molar-refractivity contribution in [3.05, 3.63) is 119 Å². The first-order chi connectivity index (χ1) is 26.8. The Kier molecular flexibility index (Phi) is 9.41. The second-order valence-electron chi connectivity index (χ2n) is 15.7. The molecule has 3 atom stereocenters. The number of rotatable bonds is 7. The maximum atomic E-state index is 16.1. The van der Waals surface area contributed by atoms with Gasteiger partial charge in [-0.15, -0.1) is 0 Å². The molecule has 2 N–H and O–H groups in total. The minimum absolute atomic E-state index is 0.0120. The number of carbonyl (C=O) groups excluding carboxylic acids is 3. The molecule has 55 heavy (non-hydrogen) atoms. The molecule has 4 aromatic carbocycles. The number of phenols is 1. The summed E-state index contributed by atoms with van der Waals surface area (Å²) >= 11 is 0. The molecule has 0 aromatic heterocycles. The summed E-state index contributed by atoms with van der Waals surface area (Å²) < 4.78 is 22.2. The van der Waals surface area contributed by atoms with Gasteiger partial charge in [-0.25, -0.2) is 4.39 Å². The van der Waals surface area contributed by atoms with Crippen molar-refractivity contribution in [2.45, 2.75) is 50.1 Å². The van der Waals surface area contributed by atoms with Crippen LogP contribution in [0.25, 0.3) is 0 Å². The molecule has 3 fully saturated rings. The SMILES string of the molecule is O=C1CC[C@H](N2Cc3cc(N4CCN(CC5CCN(c6ccc([C@H]7c8ccc(O)cc8OC[C@H]7c7ccccc7)cc6F)CC5)CC4)ccc3C2=O)C(=O)N1. The van der Waals surface area contributed by atoms with Gasteiger partial charge in [0.1, 0.15) is 23.4 Å². The smallest absolute Gasteiger partial charge is 0.255 e. The molecule has 0 saturated carbocycles. The van der Waals surface area contributed by atoms with Crippen molar-refractivity contribution in [2.24, 2.45) is 5.92 Å². The number of hydrogen-bond acceptors (Lipinski definition) is 8. The first kappa shape index (κ1) is 35.3. The zero-order valence-corrected chi connectivity index (χ0v) is 30.8. The molecule has 284 valence electrons. The van der Waals surface area contributed by atoms with Crippen molar-refractivity contribution in [1.29, 1.82) is 0 Å². The topological polar surface area (TPSA) is 106 Å². The average Bonchev–Trinajstić information content (AvgIpc) is 3.53. The minimum Gasteiger partial charge on any atom is -0.508 e. The van der Waals surface area contributed by atoms with Crippen LogP contribution in [-0.2, 0) is 16.1 Å². The third-order valence-electron chi connectivity index (χ3n) is 12.4. The number of imide groups is 1. The number of carbonyl (C=O) groups is 3. The summed E-state index contributed by atoms with van der Waals surface area (Å²) in [4.78, 5) is 45.9. The van der Waals surface area contributed by atoms with Gasteiger partial charge in [-0.05, 0) is 78.3 Å². The van der Waals surface area contributed by atoms with Gasteiger partial charge in [-0.2, -0.15) is 0 Å². The standard InChI is InChI=1S/C44H46FN5O5/c45-37-23-30(42-35-10-8-33(51)24-40(35)55-27-36(42)29-4-2-1-3-5-29)6-11-38(37)49-16-14-28(15-17-49)25-47-18-20-48(21-19-47)32-7-9-34-31(22-32)26-50(44(34)54)39-12-13-41(52)46-43(39)53/h1-11,22-24,28,36,39,42,51H,12-21,25-27H2,(H,46,52,53)/t36-,39-,42-/m0/s1. The number of piperazine rings is 1. The van der Waals surface area contributed by atoms with Crippen LogP contribution in [0.3, 0.4) is 0 Å². The summed E-state index contributed by atoms with van der Waals surface area (Å²) in [6, 6.07) is 26.6. The molecule has 9 rings (SSSR count). The third kappa shape index (κ3) is 6.90. The Balaban J connectivity index is 0.795. The molecule has 3 amide bonds. The molecule has 5 aliphatic heterocycles. The van der Waals surface area contributed by atoms with Crippen molar-refractivity contribution in [1.82, 2.24) is 15.1 Å². The fourth-order valence-corrected chi connectivity index (χ4v) is 9.44. The fourth-order valence-electron chi connectivity index (χ4n) is 9.44. The quantitative estimate of drug-likeness (QED) is 0.235. The molecule has 5 heterocycles. The van der Waals surface area contributed by atoms with Crippen molar-refractivity contribution in [2.75, 3.05) is 62.2 Å². The number of piperidine rings is 2. The van der Waals surface area contributed by atoms with Crippen LogP contribution in [0.15, 0.2) is 84.9 Å². The highest BCUT2D eigenvalue weighted by atomic mass is 19.1. The van der Waals surface area contributed by atoms with E-state index in [1.165, 1.54) is 0 Å². The Bertz CT molecular complexity index is 2110. The second-order valence-corrected chi connectivity index (χ2v) is 15.7. The Labute approximate surface area is 320 Å². The number of anilines is 2. The Morgan fingerprint density at radius 2 is 1.60 bits per heavy atom. The number of halogens is 1. The predicted molar refractivity (Wildman–Crippen MR) is 207 cm³/mol. The second kappa shape index (κ2) is 14.7. The molecule has 0 spiro atoms. The zero-order chi connectivity index (χ0) is 37.6. The van der Waals surface area contributed by atoms with Gasteiger partial charge in [0.15, 0.2) is 0 Å². The number of nitrogens with one attached hydrogen (secondary N) is 1. The maximum absolute atomic E-state index is 16.1. The van der Waals surface area contributed by atoms with E-state index in [1.807, 2.05) is 42.5 Å². The number of aromatic hydroxyl groups is 1. The van der Waals surface area contributed by atoms with Gasteiger partial charge in [0.2, 0.25) is 11.8 Å². The van der Waals surface area contributed by atoms with Gasteiger partial charge >= 0.3 is 0 Å². The van der Waals surface area contributed by atoms with E-state index in [0.717, 1.165) is 86.6 Å². The highest BCUT2D eigenvalue weighted by Crippen LogP contribution is 2.47. The van der Waals surface area contributed by atoms with Crippen LogP contribution >= 0.6 is 0 Å².